The van der Waals surface area contributed by atoms with Gasteiger partial charge in [-0.3, -0.25) is 4.79 Å². The summed E-state index contributed by atoms with van der Waals surface area (Å²) in [6.45, 7) is 3.73. The summed E-state index contributed by atoms with van der Waals surface area (Å²) >= 11 is 0. The second-order valence-corrected chi connectivity index (χ2v) is 4.70. The van der Waals surface area contributed by atoms with E-state index >= 15 is 0 Å². The smallest absolute Gasteiger partial charge is 0.248 e. The summed E-state index contributed by atoms with van der Waals surface area (Å²) in [5.74, 6) is 0.389. The predicted octanol–water partition coefficient (Wildman–Crippen LogP) is 2.24. The minimum Gasteiger partial charge on any atom is -0.369 e. The molecule has 1 fully saturated rings. The first-order chi connectivity index (χ1) is 9.69. The van der Waals surface area contributed by atoms with Crippen LogP contribution < -0.4 is 11.1 Å². The number of anilines is 1. The van der Waals surface area contributed by atoms with E-state index in [0.29, 0.717) is 11.6 Å². The van der Waals surface area contributed by atoms with Crippen molar-refractivity contribution in [2.45, 2.75) is 19.8 Å². The van der Waals surface area contributed by atoms with Crippen LogP contribution >= 0.6 is 0 Å². The fourth-order valence-electron chi connectivity index (χ4n) is 2.14. The number of nitrogens with one attached hydrogen (secondary N) is 1. The van der Waals surface area contributed by atoms with Crippen molar-refractivity contribution in [3.63, 3.8) is 0 Å². The molecule has 5 heteroatoms. The van der Waals surface area contributed by atoms with E-state index in [4.69, 9.17) is 5.73 Å². The molecule has 1 amide bonds. The highest BCUT2D eigenvalue weighted by molar-refractivity contribution is 5.99. The Kier molecular flexibility index (Phi) is 4.76. The molecule has 1 aliphatic heterocycles. The quantitative estimate of drug-likeness (QED) is 0.503. The fraction of sp³-hybridized carbons (Fsp3) is 0.333. The van der Waals surface area contributed by atoms with Crippen LogP contribution in [0.15, 0.2) is 41.4 Å². The first kappa shape index (κ1) is 14.1. The number of nitrogens with zero attached hydrogens (tertiary/aromatic N) is 2. The van der Waals surface area contributed by atoms with Crippen LogP contribution in [0.4, 0.5) is 11.4 Å². The number of hydrogen-bond acceptors (Lipinski definition) is 2. The summed E-state index contributed by atoms with van der Waals surface area (Å²) in [5.41, 5.74) is 7.44. The summed E-state index contributed by atoms with van der Waals surface area (Å²) in [7, 11) is 0. The van der Waals surface area contributed by atoms with Gasteiger partial charge < -0.3 is 16.0 Å². The molecule has 1 aromatic carbocycles. The number of amides is 1. The van der Waals surface area contributed by atoms with Crippen LogP contribution in [0.5, 0.6) is 0 Å². The Bertz CT molecular complexity index is 530. The van der Waals surface area contributed by atoms with Gasteiger partial charge in [0, 0.05) is 18.8 Å². The maximum absolute atomic E-state index is 11.5. The molecule has 0 radical (unpaired) electrons. The van der Waals surface area contributed by atoms with Crippen LogP contribution in [0.25, 0.3) is 0 Å². The van der Waals surface area contributed by atoms with Gasteiger partial charge in [0.2, 0.25) is 5.91 Å². The SMILES string of the molecule is CC=CC(=O)Nc1cccc(N=C(N)N2CCCC2)c1. The molecule has 20 heavy (non-hydrogen) atoms. The molecule has 0 aliphatic carbocycles. The lowest BCUT2D eigenvalue weighted by molar-refractivity contribution is -0.111. The van der Waals surface area contributed by atoms with Crippen molar-refractivity contribution in [1.29, 1.82) is 0 Å². The van der Waals surface area contributed by atoms with Crippen molar-refractivity contribution in [3.05, 3.63) is 36.4 Å². The molecule has 5 nitrogen and oxygen atoms in total. The summed E-state index contributed by atoms with van der Waals surface area (Å²) in [4.78, 5) is 18.0. The average Bonchev–Trinajstić information content (AvgIpc) is 2.93. The number of nitrogens with two attached hydrogens (primary N) is 1. The minimum absolute atomic E-state index is 0.152. The minimum atomic E-state index is -0.152. The lowest BCUT2D eigenvalue weighted by Gasteiger charge is -2.15. The normalized spacial score (nSPS) is 15.8. The van der Waals surface area contributed by atoms with Crippen LogP contribution in [-0.4, -0.2) is 29.9 Å². The van der Waals surface area contributed by atoms with Crippen molar-refractivity contribution >= 4 is 23.2 Å². The Balaban J connectivity index is 2.09. The molecule has 0 aromatic heterocycles. The molecule has 3 N–H and O–H groups in total. The average molecular weight is 272 g/mol. The summed E-state index contributed by atoms with van der Waals surface area (Å²) in [6, 6.07) is 7.35. The van der Waals surface area contributed by atoms with Gasteiger partial charge >= 0.3 is 0 Å². The molecule has 0 saturated carbocycles. The number of aliphatic imine (C=N–C) groups is 1. The molecular formula is C15H20N4O. The van der Waals surface area contributed by atoms with Gasteiger partial charge in [-0.05, 0) is 44.0 Å². The topological polar surface area (TPSA) is 70.7 Å². The third-order valence-electron chi connectivity index (χ3n) is 3.11. The number of rotatable bonds is 3. The molecule has 1 heterocycles. The van der Waals surface area contributed by atoms with Gasteiger partial charge in [0.15, 0.2) is 5.96 Å². The Morgan fingerprint density at radius 2 is 2.15 bits per heavy atom. The molecule has 0 unspecified atom stereocenters. The first-order valence-corrected chi connectivity index (χ1v) is 6.82. The van der Waals surface area contributed by atoms with Crippen LogP contribution in [-0.2, 0) is 4.79 Å². The summed E-state index contributed by atoms with van der Waals surface area (Å²) in [5, 5.41) is 2.78. The maximum Gasteiger partial charge on any atom is 0.248 e. The molecule has 1 saturated heterocycles. The van der Waals surface area contributed by atoms with E-state index in [1.807, 2.05) is 24.3 Å². The van der Waals surface area contributed by atoms with Crippen molar-refractivity contribution in [2.24, 2.45) is 10.7 Å². The van der Waals surface area contributed by atoms with Crippen molar-refractivity contribution in [2.75, 3.05) is 18.4 Å². The van der Waals surface area contributed by atoms with Crippen molar-refractivity contribution in [3.8, 4) is 0 Å². The highest BCUT2D eigenvalue weighted by Crippen LogP contribution is 2.19. The van der Waals surface area contributed by atoms with Crippen LogP contribution in [0, 0.1) is 0 Å². The highest BCUT2D eigenvalue weighted by atomic mass is 16.1. The van der Waals surface area contributed by atoms with E-state index in [0.717, 1.165) is 31.6 Å². The highest BCUT2D eigenvalue weighted by Gasteiger charge is 2.13. The van der Waals surface area contributed by atoms with Gasteiger partial charge in [-0.2, -0.15) is 0 Å². The Morgan fingerprint density at radius 1 is 1.40 bits per heavy atom. The third kappa shape index (κ3) is 3.85. The van der Waals surface area contributed by atoms with Crippen molar-refractivity contribution in [1.82, 2.24) is 4.90 Å². The van der Waals surface area contributed by atoms with E-state index in [1.54, 1.807) is 13.0 Å². The van der Waals surface area contributed by atoms with Crippen LogP contribution in [0.2, 0.25) is 0 Å². The van der Waals surface area contributed by atoms with Gasteiger partial charge in [0.25, 0.3) is 0 Å². The standard InChI is InChI=1S/C15H20N4O/c1-2-6-14(20)17-12-7-5-8-13(11-12)18-15(16)19-9-3-4-10-19/h2,5-8,11H,3-4,9-10H2,1H3,(H2,16,18)(H,17,20). The molecule has 106 valence electrons. The number of carbonyl (C=O) groups is 1. The fourth-order valence-corrected chi connectivity index (χ4v) is 2.14. The molecule has 0 atom stereocenters. The van der Waals surface area contributed by atoms with Gasteiger partial charge in [-0.1, -0.05) is 12.1 Å². The molecular weight excluding hydrogens is 252 g/mol. The Morgan fingerprint density at radius 3 is 2.85 bits per heavy atom. The number of allylic oxidation sites excluding steroid dienone is 1. The number of likely N-dealkylation sites (tertiary alicyclic amines) is 1. The first-order valence-electron chi connectivity index (χ1n) is 6.82. The molecule has 0 spiro atoms. The zero-order valence-electron chi connectivity index (χ0n) is 11.7. The number of benzene rings is 1. The Labute approximate surface area is 119 Å². The van der Waals surface area contributed by atoms with Crippen molar-refractivity contribution < 1.29 is 4.79 Å². The molecule has 2 rings (SSSR count). The lowest BCUT2D eigenvalue weighted by atomic mass is 10.3. The molecule has 0 bridgehead atoms. The lowest BCUT2D eigenvalue weighted by Crippen LogP contribution is -2.34. The maximum atomic E-state index is 11.5. The van der Waals surface area contributed by atoms with Gasteiger partial charge in [0.05, 0.1) is 5.69 Å². The van der Waals surface area contributed by atoms with E-state index in [1.165, 1.54) is 6.08 Å². The van der Waals surface area contributed by atoms with Crippen LogP contribution in [0.3, 0.4) is 0 Å². The van der Waals surface area contributed by atoms with Crippen LogP contribution in [0.1, 0.15) is 19.8 Å². The zero-order chi connectivity index (χ0) is 14.4. The number of carbonyl (C=O) groups excluding carboxylic acids is 1. The monoisotopic (exact) mass is 272 g/mol. The third-order valence-corrected chi connectivity index (χ3v) is 3.11. The van der Waals surface area contributed by atoms with E-state index < -0.39 is 0 Å². The summed E-state index contributed by atoms with van der Waals surface area (Å²) in [6.07, 6.45) is 5.50. The van der Waals surface area contributed by atoms with Gasteiger partial charge in [-0.15, -0.1) is 0 Å². The number of hydrogen-bond donors (Lipinski definition) is 2. The van der Waals surface area contributed by atoms with Gasteiger partial charge in [0.1, 0.15) is 0 Å². The molecule has 1 aliphatic rings. The zero-order valence-corrected chi connectivity index (χ0v) is 11.7. The van der Waals surface area contributed by atoms with Gasteiger partial charge in [-0.25, -0.2) is 4.99 Å². The van der Waals surface area contributed by atoms with E-state index in [2.05, 4.69) is 15.2 Å². The number of guanidine groups is 1. The largest absolute Gasteiger partial charge is 0.369 e. The van der Waals surface area contributed by atoms with E-state index in [-0.39, 0.29) is 5.91 Å². The summed E-state index contributed by atoms with van der Waals surface area (Å²) < 4.78 is 0. The Hall–Kier alpha value is -2.30. The molecule has 1 aromatic rings. The second-order valence-electron chi connectivity index (χ2n) is 4.70. The van der Waals surface area contributed by atoms with E-state index in [9.17, 15) is 4.79 Å². The second kappa shape index (κ2) is 6.75. The predicted molar refractivity (Wildman–Crippen MR) is 82.0 cm³/mol.